The molecule has 1 aliphatic heterocycles. The Balaban J connectivity index is 2.02. The molecule has 0 aromatic carbocycles. The largest absolute Gasteiger partial charge is 0.410 e. The van der Waals surface area contributed by atoms with Crippen molar-refractivity contribution in [1.82, 2.24) is 0 Å². The van der Waals surface area contributed by atoms with E-state index in [9.17, 15) is 0 Å². The van der Waals surface area contributed by atoms with Gasteiger partial charge in [-0.05, 0) is 42.9 Å². The predicted molar refractivity (Wildman–Crippen MR) is 87.0 cm³/mol. The lowest BCUT2D eigenvalue weighted by Gasteiger charge is -2.30. The van der Waals surface area contributed by atoms with Gasteiger partial charge in [0.15, 0.2) is 0 Å². The molecule has 0 saturated carbocycles. The fraction of sp³-hybridized carbons (Fsp3) is 0.714. The highest BCUT2D eigenvalue weighted by atomic mass is 127. The summed E-state index contributed by atoms with van der Waals surface area (Å²) in [4.78, 5) is 0. The molecule has 0 bridgehead atoms. The van der Waals surface area contributed by atoms with Crippen LogP contribution in [0.15, 0.2) is 21.9 Å². The number of unbranched alkanes of at least 4 members (excludes halogenated alkanes) is 4. The van der Waals surface area contributed by atoms with Gasteiger partial charge in [-0.15, -0.1) is 0 Å². The normalized spacial score (nSPS) is 23.4. The Labute approximate surface area is 121 Å². The smallest absolute Gasteiger partial charge is 0.211 e. The van der Waals surface area contributed by atoms with Crippen LogP contribution in [0.3, 0.4) is 0 Å². The van der Waals surface area contributed by atoms with Crippen LogP contribution in [0, 0.1) is 0 Å². The summed E-state index contributed by atoms with van der Waals surface area (Å²) >= 11 is 2.29. The highest BCUT2D eigenvalue weighted by Crippen LogP contribution is 2.22. The first-order chi connectivity index (χ1) is 8.14. The monoisotopic (exact) mass is 364 g/mol. The third-order valence-corrected chi connectivity index (χ3v) is 5.61. The molecule has 1 atom stereocenters. The molecule has 0 radical (unpaired) electrons. The molecule has 0 amide bonds. The molecule has 0 fully saturated rings. The second kappa shape index (κ2) is 8.48. The topological polar surface area (TPSA) is 9.23 Å². The summed E-state index contributed by atoms with van der Waals surface area (Å²) in [5, 5.41) is 0. The van der Waals surface area contributed by atoms with E-state index in [1.807, 2.05) is 0 Å². The molecule has 1 unspecified atom stereocenters. The number of hydrogen-bond donors (Lipinski definition) is 0. The summed E-state index contributed by atoms with van der Waals surface area (Å²) in [6.45, 7) is 4.57. The van der Waals surface area contributed by atoms with Crippen LogP contribution in [0.1, 0.15) is 44.9 Å². The van der Waals surface area contributed by atoms with E-state index in [0.29, 0.717) is 6.10 Å². The summed E-state index contributed by atoms with van der Waals surface area (Å²) in [5.41, 5.74) is 2.32. The maximum absolute atomic E-state index is 6.16. The lowest BCUT2D eigenvalue weighted by Crippen LogP contribution is -2.36. The van der Waals surface area contributed by atoms with Crippen LogP contribution in [0.2, 0.25) is 13.1 Å². The van der Waals surface area contributed by atoms with E-state index in [4.69, 9.17) is 4.43 Å². The van der Waals surface area contributed by atoms with E-state index in [1.54, 1.807) is 0 Å². The number of halogens is 1. The molecule has 1 nitrogen and oxygen atoms in total. The Bertz CT molecular complexity index is 261. The van der Waals surface area contributed by atoms with Crippen molar-refractivity contribution < 1.29 is 4.43 Å². The molecule has 1 aliphatic rings. The molecule has 0 saturated heterocycles. The summed E-state index contributed by atoms with van der Waals surface area (Å²) in [6.07, 6.45) is 14.1. The van der Waals surface area contributed by atoms with Gasteiger partial charge < -0.3 is 4.43 Å². The molecule has 98 valence electrons. The van der Waals surface area contributed by atoms with E-state index in [1.165, 1.54) is 38.5 Å². The Kier molecular flexibility index (Phi) is 7.71. The van der Waals surface area contributed by atoms with Crippen molar-refractivity contribution in [3.05, 3.63) is 21.9 Å². The highest BCUT2D eigenvalue weighted by Gasteiger charge is 2.26. The van der Waals surface area contributed by atoms with Gasteiger partial charge in [-0.25, -0.2) is 0 Å². The number of rotatable bonds is 7. The second-order valence-electron chi connectivity index (χ2n) is 5.33. The average molecular weight is 364 g/mol. The van der Waals surface area contributed by atoms with Gasteiger partial charge in [0.25, 0.3) is 0 Å². The van der Waals surface area contributed by atoms with Crippen molar-refractivity contribution in [3.63, 3.8) is 0 Å². The molecular weight excluding hydrogens is 339 g/mol. The maximum Gasteiger partial charge on any atom is 0.211 e. The van der Waals surface area contributed by atoms with Crippen molar-refractivity contribution in [2.45, 2.75) is 64.1 Å². The van der Waals surface area contributed by atoms with Crippen molar-refractivity contribution in [3.8, 4) is 0 Å². The number of hydrogen-bond acceptors (Lipinski definition) is 1. The minimum atomic E-state index is -1.43. The molecule has 1 heterocycles. The van der Waals surface area contributed by atoms with Crippen LogP contribution in [-0.2, 0) is 4.43 Å². The Morgan fingerprint density at radius 1 is 1.29 bits per heavy atom. The molecule has 0 aromatic rings. The van der Waals surface area contributed by atoms with E-state index in [-0.39, 0.29) is 0 Å². The first-order valence-corrected chi connectivity index (χ1v) is 11.0. The highest BCUT2D eigenvalue weighted by molar-refractivity contribution is 14.1. The van der Waals surface area contributed by atoms with Crippen LogP contribution < -0.4 is 0 Å². The minimum Gasteiger partial charge on any atom is -0.410 e. The van der Waals surface area contributed by atoms with Gasteiger partial charge >= 0.3 is 0 Å². The Morgan fingerprint density at radius 2 is 2.06 bits per heavy atom. The Hall–Kier alpha value is 0.387. The molecule has 17 heavy (non-hydrogen) atoms. The van der Waals surface area contributed by atoms with Crippen LogP contribution >= 0.6 is 22.6 Å². The van der Waals surface area contributed by atoms with Crippen LogP contribution in [0.5, 0.6) is 0 Å². The predicted octanol–water partition coefficient (Wildman–Crippen LogP) is 5.37. The third kappa shape index (κ3) is 7.42. The summed E-state index contributed by atoms with van der Waals surface area (Å²) in [5.74, 6) is 0. The van der Waals surface area contributed by atoms with Crippen molar-refractivity contribution in [2.75, 3.05) is 0 Å². The van der Waals surface area contributed by atoms with Gasteiger partial charge in [-0.2, -0.15) is 0 Å². The van der Waals surface area contributed by atoms with Gasteiger partial charge in [0.2, 0.25) is 8.32 Å². The average Bonchev–Trinajstić information content (AvgIpc) is 2.27. The molecule has 0 aromatic heterocycles. The van der Waals surface area contributed by atoms with Gasteiger partial charge in [0.1, 0.15) is 0 Å². The minimum absolute atomic E-state index is 0.510. The molecular formula is C14H25IOSi. The SMILES string of the molecule is C[Si]1(C)C=CCC(CCCCCC/C=C\I)O1. The molecule has 0 spiro atoms. The van der Waals surface area contributed by atoms with Gasteiger partial charge in [0.05, 0.1) is 0 Å². The van der Waals surface area contributed by atoms with Crippen LogP contribution in [0.4, 0.5) is 0 Å². The maximum atomic E-state index is 6.16. The molecule has 0 N–H and O–H groups in total. The van der Waals surface area contributed by atoms with Gasteiger partial charge in [-0.3, -0.25) is 0 Å². The summed E-state index contributed by atoms with van der Waals surface area (Å²) in [6, 6.07) is 0. The van der Waals surface area contributed by atoms with Gasteiger partial charge in [-0.1, -0.05) is 59.7 Å². The second-order valence-corrected chi connectivity index (χ2v) is 9.83. The lowest BCUT2D eigenvalue weighted by molar-refractivity contribution is 0.179. The number of allylic oxidation sites excluding steroid dienone is 1. The summed E-state index contributed by atoms with van der Waals surface area (Å²) < 4.78 is 8.28. The molecule has 3 heteroatoms. The third-order valence-electron chi connectivity index (χ3n) is 3.12. The summed E-state index contributed by atoms with van der Waals surface area (Å²) in [7, 11) is -1.43. The van der Waals surface area contributed by atoms with E-state index in [2.05, 4.69) is 57.6 Å². The van der Waals surface area contributed by atoms with E-state index >= 15 is 0 Å². The van der Waals surface area contributed by atoms with Crippen molar-refractivity contribution in [1.29, 1.82) is 0 Å². The standard InChI is InChI=1S/C14H25IOSi/c1-17(2)13-9-11-14(16-17)10-7-5-3-4-6-8-12-15/h8-9,12-14H,3-7,10-11H2,1-2H3/b12-8-. The van der Waals surface area contributed by atoms with Gasteiger partial charge in [0, 0.05) is 6.10 Å². The van der Waals surface area contributed by atoms with E-state index in [0.717, 1.165) is 6.42 Å². The van der Waals surface area contributed by atoms with Crippen LogP contribution in [-0.4, -0.2) is 14.4 Å². The Morgan fingerprint density at radius 3 is 2.76 bits per heavy atom. The lowest BCUT2D eigenvalue weighted by atomic mass is 10.1. The zero-order chi connectivity index (χ0) is 12.6. The zero-order valence-electron chi connectivity index (χ0n) is 11.1. The van der Waals surface area contributed by atoms with Crippen molar-refractivity contribution >= 4 is 30.9 Å². The zero-order valence-corrected chi connectivity index (χ0v) is 14.3. The van der Waals surface area contributed by atoms with Crippen LogP contribution in [0.25, 0.3) is 0 Å². The molecule has 0 aliphatic carbocycles. The first kappa shape index (κ1) is 15.4. The first-order valence-electron chi connectivity index (χ1n) is 6.75. The fourth-order valence-corrected chi connectivity index (χ4v) is 4.46. The fourth-order valence-electron chi connectivity index (χ4n) is 2.25. The quantitative estimate of drug-likeness (QED) is 0.335. The van der Waals surface area contributed by atoms with E-state index < -0.39 is 8.32 Å². The molecule has 1 rings (SSSR count). The van der Waals surface area contributed by atoms with Crippen molar-refractivity contribution in [2.24, 2.45) is 0 Å².